The van der Waals surface area contributed by atoms with Crippen LogP contribution < -0.4 is 0 Å². The zero-order valence-electron chi connectivity index (χ0n) is 13.7. The van der Waals surface area contributed by atoms with Crippen molar-refractivity contribution >= 4 is 5.78 Å². The molecule has 0 amide bonds. The topological polar surface area (TPSA) is 44.1 Å². The molecule has 0 N–H and O–H groups in total. The molecule has 21 heavy (non-hydrogen) atoms. The van der Waals surface area contributed by atoms with Gasteiger partial charge in [0.25, 0.3) is 0 Å². The van der Waals surface area contributed by atoms with Gasteiger partial charge in [0.2, 0.25) is 0 Å². The van der Waals surface area contributed by atoms with Crippen LogP contribution in [0.5, 0.6) is 0 Å². The maximum Gasteiger partial charge on any atom is 0.155 e. The number of carbonyl (C=O) groups is 1. The number of fused-ring (bicyclic) bond motifs is 1. The molecule has 4 unspecified atom stereocenters. The van der Waals surface area contributed by atoms with Crippen LogP contribution in [0.15, 0.2) is 0 Å². The molecular weight excluding hydrogens is 260 g/mol. The van der Waals surface area contributed by atoms with Gasteiger partial charge in [-0.15, -0.1) is 0 Å². The highest BCUT2D eigenvalue weighted by Crippen LogP contribution is 2.58. The molecule has 0 bridgehead atoms. The summed E-state index contributed by atoms with van der Waals surface area (Å²) < 4.78 is 0. The number of Topliss-reactive ketones (excluding diaryl/α,β-unsaturated/α-hetero) is 1. The van der Waals surface area contributed by atoms with Crippen molar-refractivity contribution in [1.82, 2.24) is 4.90 Å². The van der Waals surface area contributed by atoms with E-state index in [2.05, 4.69) is 31.7 Å². The lowest BCUT2D eigenvalue weighted by Gasteiger charge is -2.56. The first-order valence-electron chi connectivity index (χ1n) is 8.56. The van der Waals surface area contributed by atoms with Crippen molar-refractivity contribution < 1.29 is 4.79 Å². The van der Waals surface area contributed by atoms with E-state index in [9.17, 15) is 10.1 Å². The van der Waals surface area contributed by atoms with Gasteiger partial charge in [-0.3, -0.25) is 4.79 Å². The van der Waals surface area contributed by atoms with E-state index in [4.69, 9.17) is 0 Å². The first kappa shape index (κ1) is 15.0. The van der Waals surface area contributed by atoms with E-state index in [1.165, 1.54) is 38.8 Å². The van der Waals surface area contributed by atoms with E-state index < -0.39 is 5.92 Å². The number of hydrogen-bond acceptors (Lipinski definition) is 3. The second-order valence-electron chi connectivity index (χ2n) is 8.36. The van der Waals surface area contributed by atoms with Gasteiger partial charge in [-0.05, 0) is 62.9 Å². The fourth-order valence-electron chi connectivity index (χ4n) is 5.65. The average molecular weight is 288 g/mol. The Bertz CT molecular complexity index is 472. The number of nitriles is 1. The van der Waals surface area contributed by atoms with E-state index in [-0.39, 0.29) is 16.6 Å². The molecule has 1 saturated heterocycles. The number of carbonyl (C=O) groups excluding carboxylic acids is 1. The Hall–Kier alpha value is -0.880. The quantitative estimate of drug-likeness (QED) is 0.743. The zero-order valence-corrected chi connectivity index (χ0v) is 13.7. The Balaban J connectivity index is 1.84. The van der Waals surface area contributed by atoms with Gasteiger partial charge in [0.1, 0.15) is 5.92 Å². The second kappa shape index (κ2) is 5.09. The normalized spacial score (nSPS) is 43.3. The molecule has 3 aliphatic rings. The van der Waals surface area contributed by atoms with Crippen LogP contribution in [-0.4, -0.2) is 29.8 Å². The summed E-state index contributed by atoms with van der Waals surface area (Å²) in [4.78, 5) is 15.2. The van der Waals surface area contributed by atoms with Crippen LogP contribution in [0.3, 0.4) is 0 Å². The second-order valence-corrected chi connectivity index (χ2v) is 8.36. The summed E-state index contributed by atoms with van der Waals surface area (Å²) in [5.74, 6) is 0.242. The minimum absolute atomic E-state index is 0.156. The molecule has 116 valence electrons. The predicted molar refractivity (Wildman–Crippen MR) is 82.6 cm³/mol. The van der Waals surface area contributed by atoms with Crippen LogP contribution in [0.4, 0.5) is 0 Å². The van der Waals surface area contributed by atoms with Crippen LogP contribution in [0.2, 0.25) is 0 Å². The van der Waals surface area contributed by atoms with Crippen LogP contribution in [0.1, 0.15) is 59.3 Å². The Morgan fingerprint density at radius 2 is 1.81 bits per heavy atom. The minimum atomic E-state index is -0.390. The van der Waals surface area contributed by atoms with Gasteiger partial charge >= 0.3 is 0 Å². The van der Waals surface area contributed by atoms with Gasteiger partial charge in [0.15, 0.2) is 5.78 Å². The number of ketones is 1. The van der Waals surface area contributed by atoms with Crippen LogP contribution in [0.25, 0.3) is 0 Å². The van der Waals surface area contributed by atoms with Gasteiger partial charge in [-0.1, -0.05) is 20.8 Å². The molecule has 2 saturated carbocycles. The van der Waals surface area contributed by atoms with E-state index in [1.54, 1.807) is 0 Å². The summed E-state index contributed by atoms with van der Waals surface area (Å²) in [6.45, 7) is 9.00. The molecular formula is C18H28N2O. The molecule has 4 atom stereocenters. The molecule has 3 nitrogen and oxygen atoms in total. The lowest BCUT2D eigenvalue weighted by molar-refractivity contribution is -0.149. The molecule has 0 aromatic rings. The van der Waals surface area contributed by atoms with Crippen molar-refractivity contribution in [3.05, 3.63) is 0 Å². The Labute approximate surface area is 128 Å². The summed E-state index contributed by atoms with van der Waals surface area (Å²) in [7, 11) is 0. The van der Waals surface area contributed by atoms with Crippen molar-refractivity contribution in [3.63, 3.8) is 0 Å². The lowest BCUT2D eigenvalue weighted by atomic mass is 9.48. The third-order valence-electron chi connectivity index (χ3n) is 6.64. The van der Waals surface area contributed by atoms with Gasteiger partial charge in [-0.2, -0.15) is 5.26 Å². The largest absolute Gasteiger partial charge is 0.300 e. The maximum absolute atomic E-state index is 12.6. The van der Waals surface area contributed by atoms with Crippen LogP contribution in [-0.2, 0) is 4.79 Å². The highest BCUT2D eigenvalue weighted by atomic mass is 16.1. The van der Waals surface area contributed by atoms with Crippen molar-refractivity contribution in [1.29, 1.82) is 5.26 Å². The van der Waals surface area contributed by atoms with Crippen molar-refractivity contribution in [2.75, 3.05) is 13.1 Å². The first-order valence-corrected chi connectivity index (χ1v) is 8.56. The fourth-order valence-corrected chi connectivity index (χ4v) is 5.65. The van der Waals surface area contributed by atoms with E-state index in [0.29, 0.717) is 12.0 Å². The van der Waals surface area contributed by atoms with E-state index in [0.717, 1.165) is 12.8 Å². The highest BCUT2D eigenvalue weighted by Gasteiger charge is 2.57. The average Bonchev–Trinajstić information content (AvgIpc) is 2.96. The number of nitrogens with zero attached hydrogens (tertiary/aromatic N) is 2. The number of likely N-dealkylation sites (tertiary alicyclic amines) is 1. The Morgan fingerprint density at radius 1 is 1.14 bits per heavy atom. The summed E-state index contributed by atoms with van der Waals surface area (Å²) in [5.41, 5.74) is -0.174. The van der Waals surface area contributed by atoms with Crippen molar-refractivity contribution in [3.8, 4) is 6.07 Å². The number of rotatable bonds is 1. The molecule has 3 rings (SSSR count). The molecule has 0 aromatic heterocycles. The van der Waals surface area contributed by atoms with Crippen LogP contribution in [0, 0.1) is 34.0 Å². The van der Waals surface area contributed by atoms with E-state index in [1.807, 2.05) is 0 Å². The molecule has 0 radical (unpaired) electrons. The van der Waals surface area contributed by atoms with Crippen LogP contribution >= 0.6 is 0 Å². The third-order valence-corrected chi connectivity index (χ3v) is 6.64. The molecule has 1 aliphatic heterocycles. The minimum Gasteiger partial charge on any atom is -0.300 e. The first-order chi connectivity index (χ1) is 9.88. The van der Waals surface area contributed by atoms with E-state index >= 15 is 0 Å². The van der Waals surface area contributed by atoms with Gasteiger partial charge in [-0.25, -0.2) is 0 Å². The SMILES string of the molecule is CC12CC(C#N)C(=O)C(C)(C)C1CCC(N1CCCC1)C2. The van der Waals surface area contributed by atoms with Gasteiger partial charge in [0.05, 0.1) is 6.07 Å². The van der Waals surface area contributed by atoms with Crippen molar-refractivity contribution in [2.24, 2.45) is 22.7 Å². The smallest absolute Gasteiger partial charge is 0.155 e. The fraction of sp³-hybridized carbons (Fsp3) is 0.889. The summed E-state index contributed by atoms with van der Waals surface area (Å²) in [6, 6.07) is 2.97. The van der Waals surface area contributed by atoms with Gasteiger partial charge < -0.3 is 4.90 Å². The predicted octanol–water partition coefficient (Wildman–Crippen LogP) is 3.40. The zero-order chi connectivity index (χ0) is 15.3. The van der Waals surface area contributed by atoms with Crippen molar-refractivity contribution in [2.45, 2.75) is 65.3 Å². The Kier molecular flexibility index (Phi) is 3.64. The maximum atomic E-state index is 12.6. The molecule has 0 spiro atoms. The monoisotopic (exact) mass is 288 g/mol. The standard InChI is InChI=1S/C18H28N2O/c1-17(2)15-7-6-14(20-8-4-5-9-20)11-18(15,3)10-13(12-19)16(17)21/h13-15H,4-11H2,1-3H3. The molecule has 2 aliphatic carbocycles. The number of hydrogen-bond donors (Lipinski definition) is 0. The molecule has 0 aromatic carbocycles. The Morgan fingerprint density at radius 3 is 2.43 bits per heavy atom. The lowest BCUT2D eigenvalue weighted by Crippen LogP contribution is -2.56. The summed E-state index contributed by atoms with van der Waals surface area (Å²) in [5, 5.41) is 9.39. The highest BCUT2D eigenvalue weighted by molar-refractivity contribution is 5.89. The third kappa shape index (κ3) is 2.32. The van der Waals surface area contributed by atoms with Gasteiger partial charge in [0, 0.05) is 11.5 Å². The molecule has 3 fully saturated rings. The molecule has 1 heterocycles. The summed E-state index contributed by atoms with van der Waals surface area (Å²) in [6.07, 6.45) is 7.00. The summed E-state index contributed by atoms with van der Waals surface area (Å²) >= 11 is 0. The molecule has 3 heteroatoms.